The minimum Gasteiger partial charge on any atom is -0.472 e. The highest BCUT2D eigenvalue weighted by molar-refractivity contribution is 9.10. The van der Waals surface area contributed by atoms with E-state index in [1.807, 2.05) is 36.4 Å². The molecule has 0 spiro atoms. The van der Waals surface area contributed by atoms with Crippen molar-refractivity contribution >= 4 is 33.6 Å². The van der Waals surface area contributed by atoms with Crippen LogP contribution in [0.1, 0.15) is 12.0 Å². The van der Waals surface area contributed by atoms with E-state index in [-0.39, 0.29) is 12.1 Å². The first-order valence-electron chi connectivity index (χ1n) is 7.65. The molecular formula is C17H17BrClN3O2. The quantitative estimate of drug-likeness (QED) is 0.833. The SMILES string of the molecule is O=C(NCc1ccc(Cl)cc1)N1CC[C@H](Oc2ccc(Br)cn2)C1. The number of nitrogens with one attached hydrogen (secondary N) is 1. The fourth-order valence-corrected chi connectivity index (χ4v) is 2.86. The van der Waals surface area contributed by atoms with Crippen LogP contribution in [0.3, 0.4) is 0 Å². The van der Waals surface area contributed by atoms with Crippen molar-refractivity contribution in [1.82, 2.24) is 15.2 Å². The van der Waals surface area contributed by atoms with Gasteiger partial charge in [-0.1, -0.05) is 23.7 Å². The number of aromatic nitrogens is 1. The van der Waals surface area contributed by atoms with E-state index in [2.05, 4.69) is 26.2 Å². The number of halogens is 2. The average molecular weight is 411 g/mol. The van der Waals surface area contributed by atoms with Gasteiger partial charge in [0.25, 0.3) is 0 Å². The molecule has 0 unspecified atom stereocenters. The lowest BCUT2D eigenvalue weighted by Gasteiger charge is -2.17. The normalized spacial score (nSPS) is 16.9. The largest absolute Gasteiger partial charge is 0.472 e. The molecular weight excluding hydrogens is 394 g/mol. The number of hydrogen-bond acceptors (Lipinski definition) is 3. The van der Waals surface area contributed by atoms with Gasteiger partial charge in [0, 0.05) is 41.3 Å². The number of rotatable bonds is 4. The summed E-state index contributed by atoms with van der Waals surface area (Å²) in [6.07, 6.45) is 2.47. The molecule has 1 aliphatic heterocycles. The highest BCUT2D eigenvalue weighted by Gasteiger charge is 2.27. The predicted octanol–water partition coefficient (Wildman–Crippen LogP) is 3.86. The molecule has 5 nitrogen and oxygen atoms in total. The van der Waals surface area contributed by atoms with Crippen LogP contribution in [-0.2, 0) is 6.54 Å². The van der Waals surface area contributed by atoms with Crippen LogP contribution in [0.5, 0.6) is 5.88 Å². The minimum absolute atomic E-state index is 0.0278. The van der Waals surface area contributed by atoms with Crippen molar-refractivity contribution in [3.8, 4) is 5.88 Å². The summed E-state index contributed by atoms with van der Waals surface area (Å²) >= 11 is 9.19. The molecule has 1 aromatic carbocycles. The summed E-state index contributed by atoms with van der Waals surface area (Å²) in [5, 5.41) is 3.61. The van der Waals surface area contributed by atoms with Crippen molar-refractivity contribution in [2.75, 3.05) is 13.1 Å². The number of likely N-dealkylation sites (tertiary alicyclic amines) is 1. The Hall–Kier alpha value is -1.79. The zero-order valence-corrected chi connectivity index (χ0v) is 15.3. The highest BCUT2D eigenvalue weighted by Crippen LogP contribution is 2.18. The summed E-state index contributed by atoms with van der Waals surface area (Å²) in [5.74, 6) is 0.576. The molecule has 7 heteroatoms. The number of carbonyl (C=O) groups excluding carboxylic acids is 1. The second-order valence-electron chi connectivity index (χ2n) is 5.57. The molecule has 24 heavy (non-hydrogen) atoms. The summed E-state index contributed by atoms with van der Waals surface area (Å²) in [5.41, 5.74) is 1.01. The van der Waals surface area contributed by atoms with Crippen LogP contribution in [-0.4, -0.2) is 35.1 Å². The molecule has 0 bridgehead atoms. The summed E-state index contributed by atoms with van der Waals surface area (Å²) in [6.45, 7) is 1.71. The summed E-state index contributed by atoms with van der Waals surface area (Å²) in [7, 11) is 0. The van der Waals surface area contributed by atoms with Gasteiger partial charge in [-0.3, -0.25) is 0 Å². The first-order valence-corrected chi connectivity index (χ1v) is 8.83. The van der Waals surface area contributed by atoms with Gasteiger partial charge < -0.3 is 15.0 Å². The van der Waals surface area contributed by atoms with Crippen LogP contribution in [0.25, 0.3) is 0 Å². The third kappa shape index (κ3) is 4.61. The number of benzene rings is 1. The molecule has 2 aromatic rings. The second kappa shape index (κ2) is 7.85. The summed E-state index contributed by atoms with van der Waals surface area (Å²) < 4.78 is 6.73. The van der Waals surface area contributed by atoms with E-state index in [9.17, 15) is 4.79 Å². The molecule has 1 N–H and O–H groups in total. The number of ether oxygens (including phenoxy) is 1. The lowest BCUT2D eigenvalue weighted by molar-refractivity contribution is 0.183. The molecule has 0 aliphatic carbocycles. The van der Waals surface area contributed by atoms with E-state index in [0.717, 1.165) is 16.5 Å². The lowest BCUT2D eigenvalue weighted by Crippen LogP contribution is -2.39. The van der Waals surface area contributed by atoms with Crippen LogP contribution in [0, 0.1) is 0 Å². The Bertz CT molecular complexity index is 694. The number of pyridine rings is 1. The van der Waals surface area contributed by atoms with Gasteiger partial charge in [0.05, 0.1) is 6.54 Å². The van der Waals surface area contributed by atoms with Gasteiger partial charge in [0.15, 0.2) is 0 Å². The molecule has 2 amide bonds. The first-order chi connectivity index (χ1) is 11.6. The number of hydrogen-bond donors (Lipinski definition) is 1. The zero-order valence-electron chi connectivity index (χ0n) is 12.9. The van der Waals surface area contributed by atoms with Gasteiger partial charge in [-0.15, -0.1) is 0 Å². The molecule has 0 radical (unpaired) electrons. The Labute approximate surface area is 154 Å². The zero-order chi connectivity index (χ0) is 16.9. The van der Waals surface area contributed by atoms with Crippen LogP contribution in [0.2, 0.25) is 5.02 Å². The Morgan fingerprint density at radius 3 is 2.83 bits per heavy atom. The van der Waals surface area contributed by atoms with Crippen molar-refractivity contribution in [3.63, 3.8) is 0 Å². The van der Waals surface area contributed by atoms with Crippen molar-refractivity contribution in [2.24, 2.45) is 0 Å². The monoisotopic (exact) mass is 409 g/mol. The van der Waals surface area contributed by atoms with E-state index in [1.165, 1.54) is 0 Å². The van der Waals surface area contributed by atoms with Crippen LogP contribution in [0.15, 0.2) is 47.1 Å². The van der Waals surface area contributed by atoms with Crippen LogP contribution >= 0.6 is 27.5 Å². The summed E-state index contributed by atoms with van der Waals surface area (Å²) in [6, 6.07) is 11.0. The van der Waals surface area contributed by atoms with Crippen LogP contribution in [0.4, 0.5) is 4.79 Å². The van der Waals surface area contributed by atoms with Gasteiger partial charge in [-0.05, 0) is 39.7 Å². The Morgan fingerprint density at radius 2 is 2.12 bits per heavy atom. The van der Waals surface area contributed by atoms with Gasteiger partial charge in [0.2, 0.25) is 5.88 Å². The molecule has 1 aromatic heterocycles. The lowest BCUT2D eigenvalue weighted by atomic mass is 10.2. The Morgan fingerprint density at radius 1 is 1.33 bits per heavy atom. The topological polar surface area (TPSA) is 54.5 Å². The number of carbonyl (C=O) groups is 1. The van der Waals surface area contributed by atoms with E-state index in [1.54, 1.807) is 11.1 Å². The molecule has 1 saturated heterocycles. The standard InChI is InChI=1S/C17H17BrClN3O2/c18-13-3-6-16(20-10-13)24-15-7-8-22(11-15)17(23)21-9-12-1-4-14(19)5-2-12/h1-6,10,15H,7-9,11H2,(H,21,23)/t15-/m0/s1. The maximum Gasteiger partial charge on any atom is 0.317 e. The smallest absolute Gasteiger partial charge is 0.317 e. The van der Waals surface area contributed by atoms with Crippen molar-refractivity contribution in [1.29, 1.82) is 0 Å². The van der Waals surface area contributed by atoms with E-state index >= 15 is 0 Å². The molecule has 1 aliphatic rings. The third-order valence-corrected chi connectivity index (χ3v) is 4.50. The van der Waals surface area contributed by atoms with Gasteiger partial charge in [0.1, 0.15) is 6.10 Å². The molecule has 3 rings (SSSR count). The number of amides is 2. The first kappa shape index (κ1) is 17.0. The maximum atomic E-state index is 12.2. The van der Waals surface area contributed by atoms with E-state index in [0.29, 0.717) is 30.5 Å². The Balaban J connectivity index is 1.46. The van der Waals surface area contributed by atoms with E-state index < -0.39 is 0 Å². The van der Waals surface area contributed by atoms with Crippen LogP contribution < -0.4 is 10.1 Å². The minimum atomic E-state index is -0.0835. The average Bonchev–Trinajstić information content (AvgIpc) is 3.05. The maximum absolute atomic E-state index is 12.2. The van der Waals surface area contributed by atoms with Gasteiger partial charge in [-0.2, -0.15) is 0 Å². The van der Waals surface area contributed by atoms with E-state index in [4.69, 9.17) is 16.3 Å². The summed E-state index contributed by atoms with van der Waals surface area (Å²) in [4.78, 5) is 18.2. The molecule has 2 heterocycles. The number of nitrogens with zero attached hydrogens (tertiary/aromatic N) is 2. The van der Waals surface area contributed by atoms with Gasteiger partial charge >= 0.3 is 6.03 Å². The Kier molecular flexibility index (Phi) is 5.58. The molecule has 1 atom stereocenters. The second-order valence-corrected chi connectivity index (χ2v) is 6.93. The molecule has 1 fully saturated rings. The molecule has 0 saturated carbocycles. The fraction of sp³-hybridized carbons (Fsp3) is 0.294. The predicted molar refractivity (Wildman–Crippen MR) is 96.2 cm³/mol. The number of urea groups is 1. The van der Waals surface area contributed by atoms with Crippen molar-refractivity contribution in [3.05, 3.63) is 57.7 Å². The fourth-order valence-electron chi connectivity index (χ4n) is 2.50. The van der Waals surface area contributed by atoms with Crippen molar-refractivity contribution < 1.29 is 9.53 Å². The molecule has 126 valence electrons. The van der Waals surface area contributed by atoms with Crippen molar-refractivity contribution in [2.45, 2.75) is 19.1 Å². The van der Waals surface area contributed by atoms with Gasteiger partial charge in [-0.25, -0.2) is 9.78 Å². The highest BCUT2D eigenvalue weighted by atomic mass is 79.9. The third-order valence-electron chi connectivity index (χ3n) is 3.78.